The third kappa shape index (κ3) is 4.57. The summed E-state index contributed by atoms with van der Waals surface area (Å²) in [6.45, 7) is 0. The summed E-state index contributed by atoms with van der Waals surface area (Å²) < 4.78 is 4.40. The van der Waals surface area contributed by atoms with Crippen molar-refractivity contribution in [1.29, 1.82) is 0 Å². The molecule has 1 rings (SSSR count). The van der Waals surface area contributed by atoms with E-state index in [1.807, 2.05) is 0 Å². The Hall–Kier alpha value is -2.12. The number of esters is 1. The van der Waals surface area contributed by atoms with Crippen LogP contribution < -0.4 is 10.6 Å². The number of carbonyl (C=O) groups excluding carboxylic acids is 3. The quantitative estimate of drug-likeness (QED) is 0.521. The van der Waals surface area contributed by atoms with Gasteiger partial charge in [-0.3, -0.25) is 14.4 Å². The second kappa shape index (κ2) is 6.72. The van der Waals surface area contributed by atoms with Crippen LogP contribution in [-0.2, 0) is 23.9 Å². The molecule has 8 heteroatoms. The fourth-order valence-electron chi connectivity index (χ4n) is 1.70. The van der Waals surface area contributed by atoms with E-state index in [2.05, 4.69) is 15.4 Å². The Bertz CT molecular complexity index is 395. The molecule has 0 aromatic heterocycles. The minimum absolute atomic E-state index is 0.0611. The summed E-state index contributed by atoms with van der Waals surface area (Å²) in [5.41, 5.74) is 0. The number of aliphatic carboxylic acids is 1. The molecule has 1 fully saturated rings. The summed E-state index contributed by atoms with van der Waals surface area (Å²) >= 11 is 0. The van der Waals surface area contributed by atoms with Crippen molar-refractivity contribution in [2.45, 2.75) is 37.8 Å². The maximum absolute atomic E-state index is 11.7. The van der Waals surface area contributed by atoms with E-state index in [0.29, 0.717) is 6.42 Å². The molecule has 3 N–H and O–H groups in total. The number of carbonyl (C=O) groups is 4. The summed E-state index contributed by atoms with van der Waals surface area (Å²) in [6, 6.07) is -1.88. The maximum Gasteiger partial charge on any atom is 0.326 e. The number of hydrogen-bond donors (Lipinski definition) is 3. The highest BCUT2D eigenvalue weighted by Crippen LogP contribution is 2.08. The number of nitrogens with one attached hydrogen (secondary N) is 2. The molecular formula is C11H16N2O6. The summed E-state index contributed by atoms with van der Waals surface area (Å²) in [4.78, 5) is 44.6. The lowest BCUT2D eigenvalue weighted by molar-refractivity contribution is -0.144. The lowest BCUT2D eigenvalue weighted by Gasteiger charge is -2.16. The van der Waals surface area contributed by atoms with E-state index >= 15 is 0 Å². The van der Waals surface area contributed by atoms with Gasteiger partial charge in [-0.2, -0.15) is 0 Å². The Morgan fingerprint density at radius 1 is 1.53 bits per heavy atom. The van der Waals surface area contributed by atoms with Gasteiger partial charge in [-0.05, 0) is 12.8 Å². The highest BCUT2D eigenvalue weighted by atomic mass is 16.5. The molecular weight excluding hydrogens is 256 g/mol. The molecule has 106 valence electrons. The van der Waals surface area contributed by atoms with Crippen LogP contribution in [0.15, 0.2) is 0 Å². The van der Waals surface area contributed by atoms with Crippen LogP contribution in [0.3, 0.4) is 0 Å². The molecule has 0 aromatic carbocycles. The molecule has 0 bridgehead atoms. The van der Waals surface area contributed by atoms with Crippen LogP contribution in [0.4, 0.5) is 0 Å². The SMILES string of the molecule is COC(=O)CC[C@H](NC(=O)[C@H]1CCC(=O)N1)C(=O)O. The lowest BCUT2D eigenvalue weighted by Crippen LogP contribution is -2.48. The maximum atomic E-state index is 11.7. The third-order valence-electron chi connectivity index (χ3n) is 2.79. The number of carboxylic acids is 1. The third-order valence-corrected chi connectivity index (χ3v) is 2.79. The van der Waals surface area contributed by atoms with Crippen molar-refractivity contribution in [2.24, 2.45) is 0 Å². The smallest absolute Gasteiger partial charge is 0.326 e. The average Bonchev–Trinajstić information content (AvgIpc) is 2.80. The van der Waals surface area contributed by atoms with Gasteiger partial charge in [0.05, 0.1) is 7.11 Å². The van der Waals surface area contributed by atoms with E-state index in [1.54, 1.807) is 0 Å². The first-order valence-corrected chi connectivity index (χ1v) is 5.83. The number of hydrogen-bond acceptors (Lipinski definition) is 5. The first kappa shape index (κ1) is 14.9. The summed E-state index contributed by atoms with van der Waals surface area (Å²) in [5, 5.41) is 13.7. The van der Waals surface area contributed by atoms with Gasteiger partial charge < -0.3 is 20.5 Å². The van der Waals surface area contributed by atoms with Crippen LogP contribution >= 0.6 is 0 Å². The molecule has 19 heavy (non-hydrogen) atoms. The monoisotopic (exact) mass is 272 g/mol. The van der Waals surface area contributed by atoms with E-state index in [-0.39, 0.29) is 25.2 Å². The van der Waals surface area contributed by atoms with Crippen molar-refractivity contribution in [3.05, 3.63) is 0 Å². The second-order valence-electron chi connectivity index (χ2n) is 4.17. The highest BCUT2D eigenvalue weighted by Gasteiger charge is 2.30. The van der Waals surface area contributed by atoms with Crippen LogP contribution in [0.2, 0.25) is 0 Å². The Morgan fingerprint density at radius 2 is 2.21 bits per heavy atom. The molecule has 1 aliphatic rings. The molecule has 1 aliphatic heterocycles. The number of methoxy groups -OCH3 is 1. The summed E-state index contributed by atoms with van der Waals surface area (Å²) in [7, 11) is 1.20. The van der Waals surface area contributed by atoms with Gasteiger partial charge in [-0.15, -0.1) is 0 Å². The van der Waals surface area contributed by atoms with Crippen LogP contribution in [0.25, 0.3) is 0 Å². The first-order chi connectivity index (χ1) is 8.93. The van der Waals surface area contributed by atoms with Crippen LogP contribution in [0, 0.1) is 0 Å². The van der Waals surface area contributed by atoms with Crippen molar-refractivity contribution in [2.75, 3.05) is 7.11 Å². The molecule has 1 saturated heterocycles. The molecule has 0 aliphatic carbocycles. The standard InChI is InChI=1S/C11H16N2O6/c1-19-9(15)5-3-7(11(17)18)13-10(16)6-2-4-8(14)12-6/h6-7H,2-5H2,1H3,(H,12,14)(H,13,16)(H,17,18)/t6-,7+/m1/s1. The Kier molecular flexibility index (Phi) is 5.28. The zero-order valence-corrected chi connectivity index (χ0v) is 10.5. The minimum Gasteiger partial charge on any atom is -0.480 e. The van der Waals surface area contributed by atoms with E-state index in [4.69, 9.17) is 5.11 Å². The fraction of sp³-hybridized carbons (Fsp3) is 0.636. The van der Waals surface area contributed by atoms with Crippen molar-refractivity contribution in [3.8, 4) is 0 Å². The Labute approximate surface area is 109 Å². The summed E-state index contributed by atoms with van der Waals surface area (Å²) in [6.07, 6.45) is 0.422. The van der Waals surface area contributed by atoms with E-state index < -0.39 is 29.9 Å². The van der Waals surface area contributed by atoms with Gasteiger partial charge in [0.25, 0.3) is 0 Å². The molecule has 0 spiro atoms. The molecule has 2 atom stereocenters. The van der Waals surface area contributed by atoms with E-state index in [0.717, 1.165) is 0 Å². The molecule has 2 amide bonds. The van der Waals surface area contributed by atoms with Gasteiger partial charge >= 0.3 is 11.9 Å². The Morgan fingerprint density at radius 3 is 2.68 bits per heavy atom. The van der Waals surface area contributed by atoms with Crippen molar-refractivity contribution in [3.63, 3.8) is 0 Å². The molecule has 0 saturated carbocycles. The Balaban J connectivity index is 2.48. The largest absolute Gasteiger partial charge is 0.480 e. The number of ether oxygens (including phenoxy) is 1. The topological polar surface area (TPSA) is 122 Å². The zero-order valence-electron chi connectivity index (χ0n) is 10.5. The van der Waals surface area contributed by atoms with Crippen molar-refractivity contribution < 1.29 is 29.0 Å². The number of amides is 2. The normalized spacial score (nSPS) is 19.4. The van der Waals surface area contributed by atoms with E-state index in [9.17, 15) is 19.2 Å². The van der Waals surface area contributed by atoms with Crippen LogP contribution in [0.1, 0.15) is 25.7 Å². The number of carboxylic acid groups (broad SMARTS) is 1. The van der Waals surface area contributed by atoms with Gasteiger partial charge in [0.2, 0.25) is 11.8 Å². The zero-order chi connectivity index (χ0) is 14.4. The molecule has 0 radical (unpaired) electrons. The van der Waals surface area contributed by atoms with Crippen molar-refractivity contribution >= 4 is 23.8 Å². The van der Waals surface area contributed by atoms with Gasteiger partial charge in [0.15, 0.2) is 0 Å². The average molecular weight is 272 g/mol. The number of rotatable bonds is 6. The van der Waals surface area contributed by atoms with Gasteiger partial charge in [-0.25, -0.2) is 4.79 Å². The minimum atomic E-state index is -1.23. The second-order valence-corrected chi connectivity index (χ2v) is 4.17. The summed E-state index contributed by atoms with van der Waals surface area (Å²) in [5.74, 6) is -2.57. The molecule has 0 aromatic rings. The van der Waals surface area contributed by atoms with Gasteiger partial charge in [-0.1, -0.05) is 0 Å². The lowest BCUT2D eigenvalue weighted by atomic mass is 10.1. The van der Waals surface area contributed by atoms with E-state index in [1.165, 1.54) is 7.11 Å². The van der Waals surface area contributed by atoms with Crippen LogP contribution in [-0.4, -0.2) is 48.1 Å². The molecule has 0 unspecified atom stereocenters. The highest BCUT2D eigenvalue weighted by molar-refractivity contribution is 5.92. The van der Waals surface area contributed by atoms with Crippen molar-refractivity contribution in [1.82, 2.24) is 10.6 Å². The predicted molar refractivity (Wildman–Crippen MR) is 62.0 cm³/mol. The fourth-order valence-corrected chi connectivity index (χ4v) is 1.70. The first-order valence-electron chi connectivity index (χ1n) is 5.83. The predicted octanol–water partition coefficient (Wildman–Crippen LogP) is -1.21. The molecule has 1 heterocycles. The molecule has 8 nitrogen and oxygen atoms in total. The van der Waals surface area contributed by atoms with Gasteiger partial charge in [0, 0.05) is 12.8 Å². The van der Waals surface area contributed by atoms with Gasteiger partial charge in [0.1, 0.15) is 12.1 Å². The van der Waals surface area contributed by atoms with Crippen LogP contribution in [0.5, 0.6) is 0 Å².